The predicted molar refractivity (Wildman–Crippen MR) is 77.7 cm³/mol. The first-order chi connectivity index (χ1) is 10.2. The van der Waals surface area contributed by atoms with E-state index in [0.29, 0.717) is 19.6 Å². The molecule has 7 heteroatoms. The van der Waals surface area contributed by atoms with Crippen molar-refractivity contribution in [3.05, 3.63) is 11.1 Å². The van der Waals surface area contributed by atoms with Gasteiger partial charge in [0.25, 0.3) is 0 Å². The van der Waals surface area contributed by atoms with Gasteiger partial charge in [-0.05, 0) is 12.8 Å². The van der Waals surface area contributed by atoms with Crippen molar-refractivity contribution in [3.63, 3.8) is 0 Å². The molecule has 0 N–H and O–H groups in total. The summed E-state index contributed by atoms with van der Waals surface area (Å²) >= 11 is 1.55. The molecule has 0 aromatic carbocycles. The maximum Gasteiger partial charge on any atom is 0.185 e. The van der Waals surface area contributed by atoms with Crippen LogP contribution in [0.2, 0.25) is 0 Å². The van der Waals surface area contributed by atoms with E-state index in [1.165, 1.54) is 7.11 Å². The third-order valence-corrected chi connectivity index (χ3v) is 5.17. The maximum atomic E-state index is 14.0. The van der Waals surface area contributed by atoms with Gasteiger partial charge < -0.3 is 14.4 Å². The Labute approximate surface area is 127 Å². The van der Waals surface area contributed by atoms with Gasteiger partial charge in [0.15, 0.2) is 11.3 Å². The third kappa shape index (κ3) is 3.05. The lowest BCUT2D eigenvalue weighted by Gasteiger charge is -2.34. The standard InChI is InChI=1S/C14H20F2N2O2S/c1-19-13-9(2-3-10(15)12(13)16)11-8-21-14(17-11)18-4-6-20-7-5-18/h8-10,12-13H,2-7H2,1H3. The average molecular weight is 318 g/mol. The summed E-state index contributed by atoms with van der Waals surface area (Å²) in [6, 6.07) is 0. The van der Waals surface area contributed by atoms with Crippen molar-refractivity contribution < 1.29 is 18.3 Å². The van der Waals surface area contributed by atoms with Gasteiger partial charge in [0, 0.05) is 31.5 Å². The molecule has 0 spiro atoms. The van der Waals surface area contributed by atoms with Crippen LogP contribution >= 0.6 is 11.3 Å². The fourth-order valence-electron chi connectivity index (χ4n) is 3.05. The molecule has 118 valence electrons. The summed E-state index contributed by atoms with van der Waals surface area (Å²) in [4.78, 5) is 6.81. The fraction of sp³-hybridized carbons (Fsp3) is 0.786. The molecule has 3 rings (SSSR count). The van der Waals surface area contributed by atoms with Crippen LogP contribution in [-0.4, -0.2) is 56.8 Å². The lowest BCUT2D eigenvalue weighted by molar-refractivity contribution is -0.0470. The van der Waals surface area contributed by atoms with Gasteiger partial charge in [-0.15, -0.1) is 11.3 Å². The summed E-state index contributed by atoms with van der Waals surface area (Å²) in [5, 5.41) is 2.88. The number of hydrogen-bond acceptors (Lipinski definition) is 5. The molecule has 1 saturated heterocycles. The Bertz CT molecular complexity index is 468. The number of hydrogen-bond donors (Lipinski definition) is 0. The van der Waals surface area contributed by atoms with Crippen molar-refractivity contribution in [2.24, 2.45) is 0 Å². The second-order valence-electron chi connectivity index (χ2n) is 5.50. The molecule has 4 unspecified atom stereocenters. The summed E-state index contributed by atoms with van der Waals surface area (Å²) in [6.07, 6.45) is -2.93. The van der Waals surface area contributed by atoms with Gasteiger partial charge in [0.1, 0.15) is 6.17 Å². The summed E-state index contributed by atoms with van der Waals surface area (Å²) in [5.41, 5.74) is 0.822. The highest BCUT2D eigenvalue weighted by Crippen LogP contribution is 2.39. The summed E-state index contributed by atoms with van der Waals surface area (Å²) in [6.45, 7) is 3.05. The number of rotatable bonds is 3. The zero-order valence-electron chi connectivity index (χ0n) is 12.0. The van der Waals surface area contributed by atoms with Crippen molar-refractivity contribution in [2.75, 3.05) is 38.3 Å². The van der Waals surface area contributed by atoms with E-state index in [-0.39, 0.29) is 12.3 Å². The fourth-order valence-corrected chi connectivity index (χ4v) is 3.99. The molecule has 21 heavy (non-hydrogen) atoms. The molecule has 2 aliphatic rings. The van der Waals surface area contributed by atoms with Gasteiger partial charge >= 0.3 is 0 Å². The number of alkyl halides is 2. The minimum Gasteiger partial charge on any atom is -0.378 e. The van der Waals surface area contributed by atoms with E-state index in [0.717, 1.165) is 23.9 Å². The smallest absolute Gasteiger partial charge is 0.185 e. The molecule has 1 aliphatic heterocycles. The van der Waals surface area contributed by atoms with Crippen LogP contribution < -0.4 is 4.90 Å². The van der Waals surface area contributed by atoms with Gasteiger partial charge in [0.2, 0.25) is 0 Å². The van der Waals surface area contributed by atoms with Crippen LogP contribution in [0.4, 0.5) is 13.9 Å². The van der Waals surface area contributed by atoms with Gasteiger partial charge in [-0.3, -0.25) is 0 Å². The SMILES string of the molecule is COC1C(c2csc(N3CCOCC3)n2)CCC(F)C1F. The van der Waals surface area contributed by atoms with Crippen LogP contribution in [0, 0.1) is 0 Å². The summed E-state index contributed by atoms with van der Waals surface area (Å²) in [5.74, 6) is -0.164. The minimum atomic E-state index is -1.57. The van der Waals surface area contributed by atoms with Gasteiger partial charge in [-0.25, -0.2) is 13.8 Å². The van der Waals surface area contributed by atoms with Crippen LogP contribution in [0.1, 0.15) is 24.5 Å². The van der Waals surface area contributed by atoms with Crippen LogP contribution in [0.25, 0.3) is 0 Å². The van der Waals surface area contributed by atoms with E-state index in [1.54, 1.807) is 11.3 Å². The van der Waals surface area contributed by atoms with E-state index in [9.17, 15) is 8.78 Å². The Morgan fingerprint density at radius 3 is 2.81 bits per heavy atom. The van der Waals surface area contributed by atoms with E-state index in [2.05, 4.69) is 9.88 Å². The Hall–Kier alpha value is -0.790. The first kappa shape index (κ1) is 15.1. The number of anilines is 1. The first-order valence-corrected chi connectivity index (χ1v) is 8.17. The Morgan fingerprint density at radius 2 is 2.10 bits per heavy atom. The second-order valence-corrected chi connectivity index (χ2v) is 6.34. The van der Waals surface area contributed by atoms with E-state index in [4.69, 9.17) is 9.47 Å². The second kappa shape index (κ2) is 6.54. The van der Waals surface area contributed by atoms with E-state index >= 15 is 0 Å². The number of halogens is 2. The molecular formula is C14H20F2N2O2S. The lowest BCUT2D eigenvalue weighted by Crippen LogP contribution is -2.42. The van der Waals surface area contributed by atoms with Gasteiger partial charge in [-0.2, -0.15) is 0 Å². The molecule has 1 aromatic rings. The van der Waals surface area contributed by atoms with Crippen molar-refractivity contribution in [2.45, 2.75) is 37.2 Å². The predicted octanol–water partition coefficient (Wildman–Crippen LogP) is 2.55. The highest BCUT2D eigenvalue weighted by atomic mass is 32.1. The van der Waals surface area contributed by atoms with Crippen LogP contribution in [-0.2, 0) is 9.47 Å². The van der Waals surface area contributed by atoms with Crippen LogP contribution in [0.3, 0.4) is 0 Å². The molecule has 2 fully saturated rings. The number of nitrogens with zero attached hydrogens (tertiary/aromatic N) is 2. The zero-order chi connectivity index (χ0) is 14.8. The molecule has 1 aromatic heterocycles. The normalized spacial score (nSPS) is 34.1. The molecular weight excluding hydrogens is 298 g/mol. The molecule has 4 atom stereocenters. The molecule has 2 heterocycles. The summed E-state index contributed by atoms with van der Waals surface area (Å²) in [7, 11) is 1.44. The highest BCUT2D eigenvalue weighted by Gasteiger charge is 2.42. The molecule has 4 nitrogen and oxygen atoms in total. The quantitative estimate of drug-likeness (QED) is 0.858. The number of ether oxygens (including phenoxy) is 2. The minimum absolute atomic E-state index is 0.164. The van der Waals surface area contributed by atoms with Gasteiger partial charge in [0.05, 0.1) is 25.0 Å². The Balaban J connectivity index is 1.75. The van der Waals surface area contributed by atoms with E-state index in [1.807, 2.05) is 5.38 Å². The van der Waals surface area contributed by atoms with Crippen molar-refractivity contribution in [1.29, 1.82) is 0 Å². The van der Waals surface area contributed by atoms with Crippen LogP contribution in [0.15, 0.2) is 5.38 Å². The highest BCUT2D eigenvalue weighted by molar-refractivity contribution is 7.13. The largest absolute Gasteiger partial charge is 0.378 e. The van der Waals surface area contributed by atoms with Crippen molar-refractivity contribution in [3.8, 4) is 0 Å². The number of morpholine rings is 1. The van der Waals surface area contributed by atoms with Crippen molar-refractivity contribution >= 4 is 16.5 Å². The molecule has 0 radical (unpaired) electrons. The average Bonchev–Trinajstić information content (AvgIpc) is 3.00. The zero-order valence-corrected chi connectivity index (χ0v) is 12.8. The first-order valence-electron chi connectivity index (χ1n) is 7.29. The number of aromatic nitrogens is 1. The lowest BCUT2D eigenvalue weighted by atomic mass is 9.82. The molecule has 1 aliphatic carbocycles. The van der Waals surface area contributed by atoms with Crippen molar-refractivity contribution in [1.82, 2.24) is 4.98 Å². The van der Waals surface area contributed by atoms with Gasteiger partial charge in [-0.1, -0.05) is 0 Å². The summed E-state index contributed by atoms with van der Waals surface area (Å²) < 4.78 is 38.0. The molecule has 0 bridgehead atoms. The van der Waals surface area contributed by atoms with E-state index < -0.39 is 18.4 Å². The number of methoxy groups -OCH3 is 1. The Kier molecular flexibility index (Phi) is 4.71. The Morgan fingerprint density at radius 1 is 1.33 bits per heavy atom. The van der Waals surface area contributed by atoms with Crippen LogP contribution in [0.5, 0.6) is 0 Å². The maximum absolute atomic E-state index is 14.0. The molecule has 0 amide bonds. The monoisotopic (exact) mass is 318 g/mol. The molecule has 1 saturated carbocycles. The topological polar surface area (TPSA) is 34.6 Å². The number of thiazole rings is 1. The third-order valence-electron chi connectivity index (χ3n) is 4.25.